The zero-order chi connectivity index (χ0) is 15.9. The molecule has 2 heterocycles. The second-order valence-corrected chi connectivity index (χ2v) is 7.78. The number of rotatable bonds is 8. The smallest absolute Gasteiger partial charge is 0.232 e. The Labute approximate surface area is 135 Å². The summed E-state index contributed by atoms with van der Waals surface area (Å²) in [7, 11) is -1.34. The highest BCUT2D eigenvalue weighted by Crippen LogP contribution is 2.08. The standard InChI is InChI=1S/C14H19N3O3S2/c1-10(2)6-14-16-12(17-20-14)8-22(19)9-13(18)15-7-11-4-3-5-21-11/h3-5,10H,6-9H2,1-2H3,(H,15,18)/t22-/m1/s1. The van der Waals surface area contributed by atoms with Gasteiger partial charge in [0, 0.05) is 22.1 Å². The van der Waals surface area contributed by atoms with Gasteiger partial charge in [-0.15, -0.1) is 11.3 Å². The molecule has 0 bridgehead atoms. The van der Waals surface area contributed by atoms with Gasteiger partial charge in [0.25, 0.3) is 0 Å². The molecule has 2 rings (SSSR count). The van der Waals surface area contributed by atoms with Crippen molar-refractivity contribution in [3.8, 4) is 0 Å². The number of nitrogens with zero attached hydrogens (tertiary/aromatic N) is 2. The van der Waals surface area contributed by atoms with Crippen molar-refractivity contribution in [3.05, 3.63) is 34.1 Å². The number of thiophene rings is 1. The van der Waals surface area contributed by atoms with E-state index in [2.05, 4.69) is 29.3 Å². The lowest BCUT2D eigenvalue weighted by molar-refractivity contribution is -0.118. The molecule has 1 atom stereocenters. The molecule has 1 N–H and O–H groups in total. The van der Waals surface area contributed by atoms with E-state index in [1.807, 2.05) is 17.5 Å². The SMILES string of the molecule is CC(C)Cc1nc(C[S@@](=O)CC(=O)NCc2cccs2)no1. The summed E-state index contributed by atoms with van der Waals surface area (Å²) < 4.78 is 17.0. The van der Waals surface area contributed by atoms with E-state index in [0.29, 0.717) is 30.6 Å². The average molecular weight is 341 g/mol. The van der Waals surface area contributed by atoms with Crippen molar-refractivity contribution in [1.82, 2.24) is 15.5 Å². The molecule has 0 saturated heterocycles. The fourth-order valence-electron chi connectivity index (χ4n) is 1.77. The lowest BCUT2D eigenvalue weighted by atomic mass is 10.1. The molecule has 6 nitrogen and oxygen atoms in total. The van der Waals surface area contributed by atoms with Gasteiger partial charge < -0.3 is 9.84 Å². The van der Waals surface area contributed by atoms with Crippen LogP contribution in [0.25, 0.3) is 0 Å². The minimum atomic E-state index is -1.34. The number of hydrogen-bond donors (Lipinski definition) is 1. The predicted molar refractivity (Wildman–Crippen MR) is 85.7 cm³/mol. The maximum atomic E-state index is 11.9. The molecule has 2 aromatic rings. The number of carbonyl (C=O) groups is 1. The number of amides is 1. The summed E-state index contributed by atoms with van der Waals surface area (Å²) in [4.78, 5) is 17.0. The molecule has 8 heteroatoms. The van der Waals surface area contributed by atoms with Crippen LogP contribution in [0, 0.1) is 5.92 Å². The molecule has 0 fully saturated rings. The molecule has 0 aliphatic carbocycles. The van der Waals surface area contributed by atoms with Crippen LogP contribution in [-0.4, -0.2) is 26.0 Å². The van der Waals surface area contributed by atoms with Gasteiger partial charge in [-0.05, 0) is 17.4 Å². The fraction of sp³-hybridized carbons (Fsp3) is 0.500. The van der Waals surface area contributed by atoms with Crippen LogP contribution in [0.1, 0.15) is 30.4 Å². The first kappa shape index (κ1) is 16.8. The fourth-order valence-corrected chi connectivity index (χ4v) is 3.32. The number of carbonyl (C=O) groups excluding carboxylic acids is 1. The average Bonchev–Trinajstić information content (AvgIpc) is 3.07. The molecule has 0 aliphatic rings. The predicted octanol–water partition coefficient (Wildman–Crippen LogP) is 1.89. The lowest BCUT2D eigenvalue weighted by Gasteiger charge is -2.02. The Morgan fingerprint density at radius 3 is 3.00 bits per heavy atom. The normalized spacial score (nSPS) is 12.5. The van der Waals surface area contributed by atoms with Crippen LogP contribution in [-0.2, 0) is 34.3 Å². The zero-order valence-electron chi connectivity index (χ0n) is 12.6. The molecule has 2 aromatic heterocycles. The van der Waals surface area contributed by atoms with Crippen LogP contribution in [0.2, 0.25) is 0 Å². The van der Waals surface area contributed by atoms with Gasteiger partial charge >= 0.3 is 0 Å². The first-order chi connectivity index (χ1) is 10.5. The van der Waals surface area contributed by atoms with Gasteiger partial charge in [0.2, 0.25) is 11.8 Å². The van der Waals surface area contributed by atoms with E-state index in [-0.39, 0.29) is 17.4 Å². The van der Waals surface area contributed by atoms with Crippen molar-refractivity contribution in [2.24, 2.45) is 5.92 Å². The van der Waals surface area contributed by atoms with Crippen LogP contribution >= 0.6 is 11.3 Å². The third-order valence-corrected chi connectivity index (χ3v) is 4.76. The third kappa shape index (κ3) is 5.69. The highest BCUT2D eigenvalue weighted by Gasteiger charge is 2.14. The Bertz CT molecular complexity index is 623. The summed E-state index contributed by atoms with van der Waals surface area (Å²) in [6.07, 6.45) is 0.695. The zero-order valence-corrected chi connectivity index (χ0v) is 14.2. The minimum Gasteiger partial charge on any atom is -0.350 e. The Balaban J connectivity index is 1.74. The first-order valence-electron chi connectivity index (χ1n) is 6.98. The van der Waals surface area contributed by atoms with Crippen LogP contribution in [0.3, 0.4) is 0 Å². The second-order valence-electron chi connectivity index (χ2n) is 5.29. The summed E-state index contributed by atoms with van der Waals surface area (Å²) in [5.41, 5.74) is 0. The summed E-state index contributed by atoms with van der Waals surface area (Å²) in [6, 6.07) is 3.87. The molecule has 0 unspecified atom stereocenters. The van der Waals surface area contributed by atoms with Gasteiger partial charge in [-0.25, -0.2) is 0 Å². The van der Waals surface area contributed by atoms with E-state index >= 15 is 0 Å². The summed E-state index contributed by atoms with van der Waals surface area (Å²) in [5, 5.41) is 8.49. The van der Waals surface area contributed by atoms with Crippen molar-refractivity contribution >= 4 is 28.0 Å². The van der Waals surface area contributed by atoms with Crippen LogP contribution in [0.15, 0.2) is 22.0 Å². The molecular weight excluding hydrogens is 322 g/mol. The molecule has 0 spiro atoms. The lowest BCUT2D eigenvalue weighted by Crippen LogP contribution is -2.28. The molecule has 0 aromatic carbocycles. The maximum Gasteiger partial charge on any atom is 0.232 e. The van der Waals surface area contributed by atoms with E-state index in [0.717, 1.165) is 4.88 Å². The van der Waals surface area contributed by atoms with E-state index in [1.165, 1.54) is 0 Å². The van der Waals surface area contributed by atoms with Crippen molar-refractivity contribution in [1.29, 1.82) is 0 Å². The van der Waals surface area contributed by atoms with E-state index in [4.69, 9.17) is 4.52 Å². The van der Waals surface area contributed by atoms with Gasteiger partial charge in [-0.3, -0.25) is 9.00 Å². The van der Waals surface area contributed by atoms with E-state index in [9.17, 15) is 9.00 Å². The topological polar surface area (TPSA) is 85.1 Å². The Kier molecular flexibility index (Phi) is 6.26. The van der Waals surface area contributed by atoms with Crippen molar-refractivity contribution in [2.75, 3.05) is 5.75 Å². The van der Waals surface area contributed by atoms with Crippen LogP contribution in [0.4, 0.5) is 0 Å². The molecule has 120 valence electrons. The second kappa shape index (κ2) is 8.19. The molecule has 1 amide bonds. The highest BCUT2D eigenvalue weighted by molar-refractivity contribution is 7.84. The monoisotopic (exact) mass is 341 g/mol. The Morgan fingerprint density at radius 1 is 1.50 bits per heavy atom. The summed E-state index contributed by atoms with van der Waals surface area (Å²) in [5.74, 6) is 1.19. The van der Waals surface area contributed by atoms with E-state index in [1.54, 1.807) is 11.3 Å². The Hall–Kier alpha value is -1.54. The van der Waals surface area contributed by atoms with Crippen molar-refractivity contribution in [3.63, 3.8) is 0 Å². The van der Waals surface area contributed by atoms with Gasteiger partial charge in [-0.1, -0.05) is 25.1 Å². The van der Waals surface area contributed by atoms with Gasteiger partial charge in [-0.2, -0.15) is 4.98 Å². The molecule has 22 heavy (non-hydrogen) atoms. The van der Waals surface area contributed by atoms with Crippen LogP contribution in [0.5, 0.6) is 0 Å². The third-order valence-electron chi connectivity index (χ3n) is 2.72. The van der Waals surface area contributed by atoms with Gasteiger partial charge in [0.15, 0.2) is 5.82 Å². The largest absolute Gasteiger partial charge is 0.350 e. The number of hydrogen-bond acceptors (Lipinski definition) is 6. The van der Waals surface area contributed by atoms with Crippen molar-refractivity contribution < 1.29 is 13.5 Å². The Morgan fingerprint density at radius 2 is 2.32 bits per heavy atom. The molecular formula is C14H19N3O3S2. The molecule has 0 saturated carbocycles. The maximum absolute atomic E-state index is 11.9. The van der Waals surface area contributed by atoms with E-state index < -0.39 is 10.8 Å². The van der Waals surface area contributed by atoms with Gasteiger partial charge in [0.05, 0.1) is 12.3 Å². The molecule has 0 aliphatic heterocycles. The van der Waals surface area contributed by atoms with Gasteiger partial charge in [0.1, 0.15) is 5.75 Å². The summed E-state index contributed by atoms with van der Waals surface area (Å²) in [6.45, 7) is 4.58. The summed E-state index contributed by atoms with van der Waals surface area (Å²) >= 11 is 1.57. The van der Waals surface area contributed by atoms with Crippen molar-refractivity contribution in [2.45, 2.75) is 32.6 Å². The first-order valence-corrected chi connectivity index (χ1v) is 9.35. The minimum absolute atomic E-state index is 0.0561. The number of nitrogens with one attached hydrogen (secondary N) is 1. The highest BCUT2D eigenvalue weighted by atomic mass is 32.2. The molecule has 0 radical (unpaired) electrons. The quantitative estimate of drug-likeness (QED) is 0.792. The number of aromatic nitrogens is 2. The van der Waals surface area contributed by atoms with Crippen LogP contribution < -0.4 is 5.32 Å².